The Morgan fingerprint density at radius 3 is 1.59 bits per heavy atom. The molecule has 0 saturated heterocycles. The van der Waals surface area contributed by atoms with Gasteiger partial charge in [0.15, 0.2) is 0 Å². The largest absolute Gasteiger partial charge is 0.478 e. The quantitative estimate of drug-likeness (QED) is 0.535. The van der Waals surface area contributed by atoms with Crippen LogP contribution in [-0.4, -0.2) is 36.2 Å². The predicted molar refractivity (Wildman–Crippen MR) is 113 cm³/mol. The summed E-state index contributed by atoms with van der Waals surface area (Å²) in [7, 11) is 1.33. The van der Waals surface area contributed by atoms with Gasteiger partial charge < -0.3 is 14.6 Å². The van der Waals surface area contributed by atoms with Gasteiger partial charge in [0.2, 0.25) is 0 Å². The van der Waals surface area contributed by atoms with Crippen molar-refractivity contribution in [1.29, 1.82) is 0 Å². The summed E-state index contributed by atoms with van der Waals surface area (Å²) in [6.45, 7) is 21.8. The molecule has 0 amide bonds. The first-order valence-electron chi connectivity index (χ1n) is 9.60. The number of fused-ring (bicyclic) bond motifs is 2. The Morgan fingerprint density at radius 2 is 1.38 bits per heavy atom. The Kier molecular flexibility index (Phi) is 9.57. The summed E-state index contributed by atoms with van der Waals surface area (Å²) in [5.74, 6) is -0.801. The zero-order valence-electron chi connectivity index (χ0n) is 18.9. The van der Waals surface area contributed by atoms with Crippen molar-refractivity contribution in [1.82, 2.24) is 0 Å². The Bertz CT molecular complexity index is 675. The minimum Gasteiger partial charge on any atom is -0.478 e. The Balaban J connectivity index is 0.000000503. The van der Waals surface area contributed by atoms with Gasteiger partial charge in [0.1, 0.15) is 6.10 Å². The zero-order valence-corrected chi connectivity index (χ0v) is 18.9. The second-order valence-electron chi connectivity index (χ2n) is 8.64. The van der Waals surface area contributed by atoms with Crippen molar-refractivity contribution in [2.75, 3.05) is 7.11 Å². The first-order chi connectivity index (χ1) is 13.1. The molecule has 2 bridgehead atoms. The minimum absolute atomic E-state index is 0.0884. The molecule has 1 N–H and O–H groups in total. The third kappa shape index (κ3) is 6.58. The van der Waals surface area contributed by atoms with Crippen LogP contribution in [0.2, 0.25) is 0 Å². The second kappa shape index (κ2) is 10.4. The standard InChI is InChI=1S/C14H22O2.C5H8O2.C4H6O2/c1-9(2)12(15)16-11-8-10-6-7-14(11,5)13(10,3)4;1-4(2)5(6)7-3;1-3(2)4(5)6/h10-11H,1,6-8H2,2-5H3;1H2,2-3H3;1H2,2H3,(H,5,6)/t10-,11?,14+;;/m1../s1. The van der Waals surface area contributed by atoms with Crippen LogP contribution in [0.4, 0.5) is 0 Å². The third-order valence-electron chi connectivity index (χ3n) is 6.21. The maximum absolute atomic E-state index is 11.6. The maximum atomic E-state index is 11.6. The van der Waals surface area contributed by atoms with Crippen LogP contribution in [-0.2, 0) is 23.9 Å². The topological polar surface area (TPSA) is 89.9 Å². The van der Waals surface area contributed by atoms with Gasteiger partial charge in [-0.15, -0.1) is 0 Å². The molecule has 29 heavy (non-hydrogen) atoms. The van der Waals surface area contributed by atoms with Gasteiger partial charge >= 0.3 is 17.9 Å². The molecule has 0 aromatic heterocycles. The molecule has 6 nitrogen and oxygen atoms in total. The van der Waals surface area contributed by atoms with Gasteiger partial charge in [-0.3, -0.25) is 0 Å². The van der Waals surface area contributed by atoms with Crippen molar-refractivity contribution in [3.63, 3.8) is 0 Å². The minimum atomic E-state index is -0.935. The molecule has 0 aliphatic heterocycles. The fourth-order valence-electron chi connectivity index (χ4n) is 3.71. The number of methoxy groups -OCH3 is 1. The summed E-state index contributed by atoms with van der Waals surface area (Å²) < 4.78 is 9.88. The highest BCUT2D eigenvalue weighted by atomic mass is 16.5. The van der Waals surface area contributed by atoms with Crippen molar-refractivity contribution in [2.45, 2.75) is 66.9 Å². The number of hydrogen-bond donors (Lipinski definition) is 1. The highest BCUT2D eigenvalue weighted by Gasteiger charge is 2.62. The van der Waals surface area contributed by atoms with E-state index in [4.69, 9.17) is 9.84 Å². The maximum Gasteiger partial charge on any atom is 0.333 e. The number of rotatable bonds is 4. The molecular formula is C23H36O6. The van der Waals surface area contributed by atoms with E-state index in [0.29, 0.717) is 22.5 Å². The number of aliphatic carboxylic acids is 1. The van der Waals surface area contributed by atoms with E-state index in [-0.39, 0.29) is 29.0 Å². The van der Waals surface area contributed by atoms with E-state index in [0.717, 1.165) is 6.42 Å². The van der Waals surface area contributed by atoms with Crippen molar-refractivity contribution < 1.29 is 29.0 Å². The van der Waals surface area contributed by atoms with Crippen molar-refractivity contribution >= 4 is 17.9 Å². The van der Waals surface area contributed by atoms with Gasteiger partial charge in [0.25, 0.3) is 0 Å². The van der Waals surface area contributed by atoms with Crippen LogP contribution in [0.15, 0.2) is 36.5 Å². The first kappa shape index (κ1) is 26.6. The number of carboxylic acid groups (broad SMARTS) is 1. The highest BCUT2D eigenvalue weighted by Crippen LogP contribution is 2.66. The molecule has 2 aliphatic carbocycles. The molecule has 6 heteroatoms. The number of esters is 2. The Hall–Kier alpha value is -2.37. The van der Waals surface area contributed by atoms with Crippen LogP contribution in [0.25, 0.3) is 0 Å². The fourth-order valence-corrected chi connectivity index (χ4v) is 3.71. The second-order valence-corrected chi connectivity index (χ2v) is 8.64. The normalized spacial score (nSPS) is 25.3. The summed E-state index contributed by atoms with van der Waals surface area (Å²) in [5, 5.41) is 7.89. The average molecular weight is 409 g/mol. The van der Waals surface area contributed by atoms with Crippen LogP contribution in [0.5, 0.6) is 0 Å². The summed E-state index contributed by atoms with van der Waals surface area (Å²) in [6, 6.07) is 0. The van der Waals surface area contributed by atoms with Gasteiger partial charge in [-0.25, -0.2) is 14.4 Å². The molecule has 2 aliphatic rings. The van der Waals surface area contributed by atoms with Gasteiger partial charge in [-0.1, -0.05) is 40.5 Å². The number of hydrogen-bond acceptors (Lipinski definition) is 5. The molecule has 0 aromatic carbocycles. The van der Waals surface area contributed by atoms with Crippen LogP contribution in [0.3, 0.4) is 0 Å². The average Bonchev–Trinajstić information content (AvgIpc) is 2.95. The molecule has 0 radical (unpaired) electrons. The number of carboxylic acids is 1. The number of ether oxygens (including phenoxy) is 2. The van der Waals surface area contributed by atoms with E-state index in [1.807, 2.05) is 0 Å². The van der Waals surface area contributed by atoms with E-state index in [2.05, 4.69) is 45.2 Å². The lowest BCUT2D eigenvalue weighted by molar-refractivity contribution is -0.152. The molecule has 3 atom stereocenters. The van der Waals surface area contributed by atoms with Gasteiger partial charge in [0.05, 0.1) is 7.11 Å². The molecule has 2 fully saturated rings. The Morgan fingerprint density at radius 1 is 0.931 bits per heavy atom. The van der Waals surface area contributed by atoms with E-state index >= 15 is 0 Å². The van der Waals surface area contributed by atoms with Crippen molar-refractivity contribution in [3.8, 4) is 0 Å². The van der Waals surface area contributed by atoms with Crippen LogP contribution >= 0.6 is 0 Å². The fraction of sp³-hybridized carbons (Fsp3) is 0.609. The summed E-state index contributed by atoms with van der Waals surface area (Å²) in [5.41, 5.74) is 1.57. The van der Waals surface area contributed by atoms with Gasteiger partial charge in [0, 0.05) is 22.1 Å². The molecular weight excluding hydrogens is 372 g/mol. The van der Waals surface area contributed by atoms with Crippen LogP contribution < -0.4 is 0 Å². The van der Waals surface area contributed by atoms with Crippen LogP contribution in [0.1, 0.15) is 60.8 Å². The molecule has 164 valence electrons. The number of carbonyl (C=O) groups is 3. The third-order valence-corrected chi connectivity index (χ3v) is 6.21. The summed E-state index contributed by atoms with van der Waals surface area (Å²) in [4.78, 5) is 31.4. The molecule has 0 aromatic rings. The summed E-state index contributed by atoms with van der Waals surface area (Å²) in [6.07, 6.45) is 3.58. The highest BCUT2D eigenvalue weighted by molar-refractivity contribution is 5.87. The van der Waals surface area contributed by atoms with Crippen molar-refractivity contribution in [3.05, 3.63) is 36.5 Å². The molecule has 2 rings (SSSR count). The van der Waals surface area contributed by atoms with E-state index < -0.39 is 5.97 Å². The molecule has 0 heterocycles. The monoisotopic (exact) mass is 408 g/mol. The Labute approximate surface area is 174 Å². The van der Waals surface area contributed by atoms with Crippen LogP contribution in [0, 0.1) is 16.7 Å². The molecule has 2 saturated carbocycles. The van der Waals surface area contributed by atoms with E-state index in [9.17, 15) is 14.4 Å². The zero-order chi connectivity index (χ0) is 23.2. The molecule has 0 spiro atoms. The first-order valence-corrected chi connectivity index (χ1v) is 9.60. The smallest absolute Gasteiger partial charge is 0.333 e. The lowest BCUT2D eigenvalue weighted by atomic mass is 9.70. The van der Waals surface area contributed by atoms with Gasteiger partial charge in [-0.2, -0.15) is 0 Å². The van der Waals surface area contributed by atoms with E-state index in [1.165, 1.54) is 26.9 Å². The predicted octanol–water partition coefficient (Wildman–Crippen LogP) is 4.70. The lowest BCUT2D eigenvalue weighted by Crippen LogP contribution is -2.38. The van der Waals surface area contributed by atoms with Crippen molar-refractivity contribution in [2.24, 2.45) is 16.7 Å². The van der Waals surface area contributed by atoms with Gasteiger partial charge in [-0.05, 0) is 51.4 Å². The number of carbonyl (C=O) groups excluding carboxylic acids is 2. The molecule has 1 unspecified atom stereocenters. The van der Waals surface area contributed by atoms with E-state index in [1.54, 1.807) is 13.8 Å². The summed E-state index contributed by atoms with van der Waals surface area (Å²) >= 11 is 0. The lowest BCUT2D eigenvalue weighted by Gasteiger charge is -2.38. The SMILES string of the molecule is C=C(C)C(=O)O.C=C(C)C(=O)OC.C=C(C)C(=O)OC1C[C@H]2CC[C@]1(C)C2(C)C.